The molecule has 1 fully saturated rings. The minimum absolute atomic E-state index is 0.102. The molecule has 0 radical (unpaired) electrons. The van der Waals surface area contributed by atoms with E-state index in [9.17, 15) is 0 Å². The zero-order chi connectivity index (χ0) is 10.6. The molecule has 0 aromatic carbocycles. The smallest absolute Gasteiger partial charge is 0.0380 e. The maximum Gasteiger partial charge on any atom is 0.0380 e. The lowest BCUT2D eigenvalue weighted by Crippen LogP contribution is -2.49. The molecule has 1 rings (SSSR count). The van der Waals surface area contributed by atoms with Gasteiger partial charge in [0.05, 0.1) is 0 Å². The molecule has 3 heteroatoms. The second-order valence-electron chi connectivity index (χ2n) is 4.24. The molecule has 0 bridgehead atoms. The third kappa shape index (κ3) is 2.98. The van der Waals surface area contributed by atoms with Gasteiger partial charge in [-0.2, -0.15) is 0 Å². The summed E-state index contributed by atoms with van der Waals surface area (Å²) in [6, 6.07) is 0.504. The fraction of sp³-hybridized carbons (Fsp3) is 0.818. The van der Waals surface area contributed by atoms with E-state index in [0.29, 0.717) is 12.5 Å². The molecule has 0 aliphatic carbocycles. The molecular formula is C11H21N3. The van der Waals surface area contributed by atoms with Gasteiger partial charge in [-0.25, -0.2) is 0 Å². The van der Waals surface area contributed by atoms with E-state index < -0.39 is 0 Å². The van der Waals surface area contributed by atoms with Gasteiger partial charge in [-0.15, -0.1) is 12.3 Å². The van der Waals surface area contributed by atoms with Crippen molar-refractivity contribution >= 4 is 0 Å². The van der Waals surface area contributed by atoms with E-state index in [1.807, 2.05) is 0 Å². The Labute approximate surface area is 87.2 Å². The number of hydrogen-bond acceptors (Lipinski definition) is 3. The summed E-state index contributed by atoms with van der Waals surface area (Å²) in [6.45, 7) is 3.30. The van der Waals surface area contributed by atoms with Crippen molar-refractivity contribution in [2.75, 3.05) is 33.7 Å². The standard InChI is InChI=1S/C11H21N3/c1-4-6-10(12)11-9-13(2)7-5-8-14(11)3/h1,10-11H,5-9,12H2,2-3H3. The SMILES string of the molecule is C#CCC(N)C1CN(C)CCCN1C. The summed E-state index contributed by atoms with van der Waals surface area (Å²) in [5.41, 5.74) is 6.07. The normalized spacial score (nSPS) is 28.0. The lowest BCUT2D eigenvalue weighted by atomic mass is 10.0. The van der Waals surface area contributed by atoms with Gasteiger partial charge in [0.1, 0.15) is 0 Å². The molecule has 0 aromatic rings. The number of nitrogens with two attached hydrogens (primary N) is 1. The molecule has 0 spiro atoms. The van der Waals surface area contributed by atoms with Crippen LogP contribution in [0.15, 0.2) is 0 Å². The van der Waals surface area contributed by atoms with Gasteiger partial charge in [0.2, 0.25) is 0 Å². The van der Waals surface area contributed by atoms with E-state index in [-0.39, 0.29) is 6.04 Å². The number of likely N-dealkylation sites (N-methyl/N-ethyl adjacent to an activating group) is 2. The number of terminal acetylenes is 1. The zero-order valence-electron chi connectivity index (χ0n) is 9.24. The molecule has 0 aromatic heterocycles. The van der Waals surface area contributed by atoms with Crippen LogP contribution in [0, 0.1) is 12.3 Å². The van der Waals surface area contributed by atoms with Crippen LogP contribution in [-0.2, 0) is 0 Å². The van der Waals surface area contributed by atoms with Gasteiger partial charge in [0.15, 0.2) is 0 Å². The number of nitrogens with zero attached hydrogens (tertiary/aromatic N) is 2. The summed E-state index contributed by atoms with van der Waals surface area (Å²) in [4.78, 5) is 4.68. The first kappa shape index (κ1) is 11.5. The molecule has 0 saturated carbocycles. The van der Waals surface area contributed by atoms with Crippen molar-refractivity contribution in [1.82, 2.24) is 9.80 Å². The van der Waals surface area contributed by atoms with E-state index in [2.05, 4.69) is 29.8 Å². The van der Waals surface area contributed by atoms with Crippen LogP contribution in [0.3, 0.4) is 0 Å². The largest absolute Gasteiger partial charge is 0.325 e. The van der Waals surface area contributed by atoms with Crippen LogP contribution in [0.1, 0.15) is 12.8 Å². The highest BCUT2D eigenvalue weighted by atomic mass is 15.2. The summed E-state index contributed by atoms with van der Waals surface area (Å²) < 4.78 is 0. The van der Waals surface area contributed by atoms with Gasteiger partial charge in [-0.05, 0) is 33.6 Å². The Morgan fingerprint density at radius 1 is 1.50 bits per heavy atom. The Balaban J connectivity index is 2.58. The van der Waals surface area contributed by atoms with E-state index in [4.69, 9.17) is 12.2 Å². The van der Waals surface area contributed by atoms with Crippen LogP contribution in [-0.4, -0.2) is 55.6 Å². The van der Waals surface area contributed by atoms with E-state index in [1.54, 1.807) is 0 Å². The van der Waals surface area contributed by atoms with Gasteiger partial charge >= 0.3 is 0 Å². The summed E-state index contributed by atoms with van der Waals surface area (Å²) >= 11 is 0. The van der Waals surface area contributed by atoms with Crippen molar-refractivity contribution in [2.24, 2.45) is 5.73 Å². The predicted octanol–water partition coefficient (Wildman–Crippen LogP) is -0.0271. The topological polar surface area (TPSA) is 32.5 Å². The average molecular weight is 195 g/mol. The van der Waals surface area contributed by atoms with Crippen LogP contribution in [0.25, 0.3) is 0 Å². The van der Waals surface area contributed by atoms with Gasteiger partial charge in [-0.3, -0.25) is 0 Å². The lowest BCUT2D eigenvalue weighted by Gasteiger charge is -2.31. The minimum Gasteiger partial charge on any atom is -0.325 e. The fourth-order valence-corrected chi connectivity index (χ4v) is 2.04. The minimum atomic E-state index is 0.102. The Morgan fingerprint density at radius 3 is 2.86 bits per heavy atom. The molecule has 2 atom stereocenters. The maximum atomic E-state index is 6.07. The Morgan fingerprint density at radius 2 is 2.21 bits per heavy atom. The van der Waals surface area contributed by atoms with E-state index in [0.717, 1.165) is 19.6 Å². The highest BCUT2D eigenvalue weighted by Gasteiger charge is 2.25. The van der Waals surface area contributed by atoms with Crippen molar-refractivity contribution < 1.29 is 0 Å². The number of rotatable bonds is 2. The summed E-state index contributed by atoms with van der Waals surface area (Å²) in [5, 5.41) is 0. The molecule has 1 aliphatic rings. The van der Waals surface area contributed by atoms with Crippen LogP contribution in [0.4, 0.5) is 0 Å². The quantitative estimate of drug-likeness (QED) is 0.628. The summed E-state index contributed by atoms with van der Waals surface area (Å²) in [5.74, 6) is 2.65. The summed E-state index contributed by atoms with van der Waals surface area (Å²) in [7, 11) is 4.29. The molecule has 14 heavy (non-hydrogen) atoms. The monoisotopic (exact) mass is 195 g/mol. The maximum absolute atomic E-state index is 6.07. The van der Waals surface area contributed by atoms with Crippen LogP contribution in [0.2, 0.25) is 0 Å². The van der Waals surface area contributed by atoms with Crippen LogP contribution < -0.4 is 5.73 Å². The molecule has 2 N–H and O–H groups in total. The van der Waals surface area contributed by atoms with Crippen molar-refractivity contribution in [3.05, 3.63) is 0 Å². The summed E-state index contributed by atoms with van der Waals surface area (Å²) in [6.07, 6.45) is 7.18. The van der Waals surface area contributed by atoms with Crippen molar-refractivity contribution in [3.8, 4) is 12.3 Å². The molecule has 1 saturated heterocycles. The van der Waals surface area contributed by atoms with Gasteiger partial charge in [-0.1, -0.05) is 0 Å². The molecule has 0 amide bonds. The lowest BCUT2D eigenvalue weighted by molar-refractivity contribution is 0.197. The Bertz CT molecular complexity index is 209. The molecule has 3 nitrogen and oxygen atoms in total. The first-order valence-corrected chi connectivity index (χ1v) is 5.23. The van der Waals surface area contributed by atoms with E-state index in [1.165, 1.54) is 6.42 Å². The Hall–Kier alpha value is -0.560. The second-order valence-corrected chi connectivity index (χ2v) is 4.24. The highest BCUT2D eigenvalue weighted by molar-refractivity contribution is 4.95. The van der Waals surface area contributed by atoms with Crippen LogP contribution in [0.5, 0.6) is 0 Å². The van der Waals surface area contributed by atoms with Gasteiger partial charge in [0, 0.05) is 25.0 Å². The van der Waals surface area contributed by atoms with Crippen molar-refractivity contribution in [1.29, 1.82) is 0 Å². The third-order valence-electron chi connectivity index (χ3n) is 2.96. The average Bonchev–Trinajstić information content (AvgIpc) is 2.29. The van der Waals surface area contributed by atoms with Crippen molar-refractivity contribution in [3.63, 3.8) is 0 Å². The molecular weight excluding hydrogens is 174 g/mol. The second kappa shape index (κ2) is 5.35. The number of hydrogen-bond donors (Lipinski definition) is 1. The zero-order valence-corrected chi connectivity index (χ0v) is 9.24. The first-order chi connectivity index (χ1) is 6.65. The first-order valence-electron chi connectivity index (χ1n) is 5.23. The predicted molar refractivity (Wildman–Crippen MR) is 60.0 cm³/mol. The molecule has 80 valence electrons. The Kier molecular flexibility index (Phi) is 4.40. The highest BCUT2D eigenvalue weighted by Crippen LogP contribution is 2.10. The van der Waals surface area contributed by atoms with Crippen LogP contribution >= 0.6 is 0 Å². The molecule has 1 heterocycles. The van der Waals surface area contributed by atoms with Gasteiger partial charge in [0.25, 0.3) is 0 Å². The molecule has 2 unspecified atom stereocenters. The van der Waals surface area contributed by atoms with E-state index >= 15 is 0 Å². The third-order valence-corrected chi connectivity index (χ3v) is 2.96. The fourth-order valence-electron chi connectivity index (χ4n) is 2.04. The molecule has 1 aliphatic heterocycles. The van der Waals surface area contributed by atoms with Gasteiger partial charge < -0.3 is 15.5 Å². The van der Waals surface area contributed by atoms with Crippen molar-refractivity contribution in [2.45, 2.75) is 24.9 Å².